The zero-order chi connectivity index (χ0) is 10.7. The van der Waals surface area contributed by atoms with Crippen LogP contribution in [-0.4, -0.2) is 19.3 Å². The lowest BCUT2D eigenvalue weighted by atomic mass is 10.2. The SMILES string of the molecule is Brc1ccc(CNC2CCOC2)cc1Br. The predicted molar refractivity (Wildman–Crippen MR) is 67.9 cm³/mol. The van der Waals surface area contributed by atoms with Crippen LogP contribution in [0.2, 0.25) is 0 Å². The van der Waals surface area contributed by atoms with E-state index in [-0.39, 0.29) is 0 Å². The van der Waals surface area contributed by atoms with Gasteiger partial charge in [-0.05, 0) is 56.0 Å². The number of rotatable bonds is 3. The molecule has 1 aliphatic heterocycles. The minimum absolute atomic E-state index is 0.521. The molecule has 1 aromatic rings. The van der Waals surface area contributed by atoms with E-state index >= 15 is 0 Å². The van der Waals surface area contributed by atoms with E-state index < -0.39 is 0 Å². The van der Waals surface area contributed by atoms with Crippen molar-refractivity contribution in [3.05, 3.63) is 32.7 Å². The van der Waals surface area contributed by atoms with Crippen LogP contribution in [0.4, 0.5) is 0 Å². The van der Waals surface area contributed by atoms with Crippen molar-refractivity contribution < 1.29 is 4.74 Å². The van der Waals surface area contributed by atoms with Gasteiger partial charge in [-0.2, -0.15) is 0 Å². The van der Waals surface area contributed by atoms with Crippen molar-refractivity contribution in [2.24, 2.45) is 0 Å². The second-order valence-electron chi connectivity index (χ2n) is 3.69. The quantitative estimate of drug-likeness (QED) is 0.917. The summed E-state index contributed by atoms with van der Waals surface area (Å²) in [4.78, 5) is 0. The van der Waals surface area contributed by atoms with Crippen molar-refractivity contribution in [1.82, 2.24) is 5.32 Å². The van der Waals surface area contributed by atoms with Gasteiger partial charge in [0, 0.05) is 28.1 Å². The Kier molecular flexibility index (Phi) is 4.20. The van der Waals surface area contributed by atoms with Gasteiger partial charge in [0.25, 0.3) is 0 Å². The van der Waals surface area contributed by atoms with Gasteiger partial charge in [-0.25, -0.2) is 0 Å². The molecule has 82 valence electrons. The summed E-state index contributed by atoms with van der Waals surface area (Å²) in [5.41, 5.74) is 1.29. The number of halogens is 2. The Bertz CT molecular complexity index is 337. The van der Waals surface area contributed by atoms with E-state index in [1.807, 2.05) is 0 Å². The molecule has 2 rings (SSSR count). The number of hydrogen-bond donors (Lipinski definition) is 1. The molecule has 15 heavy (non-hydrogen) atoms. The molecule has 1 N–H and O–H groups in total. The minimum atomic E-state index is 0.521. The van der Waals surface area contributed by atoms with E-state index in [0.29, 0.717) is 6.04 Å². The van der Waals surface area contributed by atoms with Crippen molar-refractivity contribution in [3.63, 3.8) is 0 Å². The predicted octanol–water partition coefficient (Wildman–Crippen LogP) is 3.09. The molecule has 0 saturated carbocycles. The number of benzene rings is 1. The molecule has 0 spiro atoms. The first-order chi connectivity index (χ1) is 7.25. The van der Waals surface area contributed by atoms with Crippen LogP contribution in [0, 0.1) is 0 Å². The van der Waals surface area contributed by atoms with Crippen LogP contribution in [0.25, 0.3) is 0 Å². The van der Waals surface area contributed by atoms with Gasteiger partial charge in [0.05, 0.1) is 6.61 Å². The minimum Gasteiger partial charge on any atom is -0.380 e. The molecule has 0 amide bonds. The lowest BCUT2D eigenvalue weighted by Crippen LogP contribution is -2.28. The van der Waals surface area contributed by atoms with Crippen molar-refractivity contribution in [2.45, 2.75) is 19.0 Å². The molecule has 1 aliphatic rings. The van der Waals surface area contributed by atoms with E-state index in [1.54, 1.807) is 0 Å². The second kappa shape index (κ2) is 5.43. The molecule has 1 aromatic carbocycles. The van der Waals surface area contributed by atoms with Crippen LogP contribution in [0.15, 0.2) is 27.1 Å². The van der Waals surface area contributed by atoms with Crippen LogP contribution >= 0.6 is 31.9 Å². The monoisotopic (exact) mass is 333 g/mol. The highest BCUT2D eigenvalue weighted by atomic mass is 79.9. The smallest absolute Gasteiger partial charge is 0.0620 e. The van der Waals surface area contributed by atoms with Gasteiger partial charge in [-0.1, -0.05) is 6.07 Å². The fourth-order valence-electron chi connectivity index (χ4n) is 1.61. The summed E-state index contributed by atoms with van der Waals surface area (Å²) in [6.45, 7) is 2.64. The van der Waals surface area contributed by atoms with Gasteiger partial charge >= 0.3 is 0 Å². The first-order valence-corrected chi connectivity index (χ1v) is 6.59. The third-order valence-electron chi connectivity index (χ3n) is 2.51. The lowest BCUT2D eigenvalue weighted by molar-refractivity contribution is 0.190. The highest BCUT2D eigenvalue weighted by Gasteiger charge is 2.14. The third-order valence-corrected chi connectivity index (χ3v) is 4.39. The maximum atomic E-state index is 5.31. The Balaban J connectivity index is 1.90. The molecule has 0 aliphatic carbocycles. The maximum absolute atomic E-state index is 5.31. The molecule has 2 nitrogen and oxygen atoms in total. The van der Waals surface area contributed by atoms with Crippen molar-refractivity contribution >= 4 is 31.9 Å². The van der Waals surface area contributed by atoms with Gasteiger partial charge in [0.15, 0.2) is 0 Å². The Morgan fingerprint density at radius 1 is 1.33 bits per heavy atom. The Morgan fingerprint density at radius 3 is 2.87 bits per heavy atom. The van der Waals surface area contributed by atoms with Gasteiger partial charge in [0.1, 0.15) is 0 Å². The Labute approximate surface area is 107 Å². The highest BCUT2D eigenvalue weighted by molar-refractivity contribution is 9.13. The van der Waals surface area contributed by atoms with E-state index in [1.165, 1.54) is 5.56 Å². The molecule has 1 fully saturated rings. The van der Waals surface area contributed by atoms with E-state index in [9.17, 15) is 0 Å². The Hall–Kier alpha value is 0.1000. The fraction of sp³-hybridized carbons (Fsp3) is 0.455. The molecule has 0 radical (unpaired) electrons. The van der Waals surface area contributed by atoms with Crippen LogP contribution in [0.3, 0.4) is 0 Å². The van der Waals surface area contributed by atoms with Gasteiger partial charge in [-0.3, -0.25) is 0 Å². The summed E-state index contributed by atoms with van der Waals surface area (Å²) < 4.78 is 7.50. The molecule has 4 heteroatoms. The number of nitrogens with one attached hydrogen (secondary N) is 1. The standard InChI is InChI=1S/C11H13Br2NO/c12-10-2-1-8(5-11(10)13)6-14-9-3-4-15-7-9/h1-2,5,9,14H,3-4,6-7H2. The zero-order valence-corrected chi connectivity index (χ0v) is 11.5. The molecular formula is C11H13Br2NO. The molecule has 1 heterocycles. The topological polar surface area (TPSA) is 21.3 Å². The molecule has 0 bridgehead atoms. The maximum Gasteiger partial charge on any atom is 0.0620 e. The van der Waals surface area contributed by atoms with E-state index in [0.717, 1.165) is 35.1 Å². The van der Waals surface area contributed by atoms with Gasteiger partial charge in [0.2, 0.25) is 0 Å². The largest absolute Gasteiger partial charge is 0.380 e. The zero-order valence-electron chi connectivity index (χ0n) is 8.30. The first-order valence-electron chi connectivity index (χ1n) is 5.01. The summed E-state index contributed by atoms with van der Waals surface area (Å²) in [6.07, 6.45) is 1.12. The van der Waals surface area contributed by atoms with Gasteiger partial charge < -0.3 is 10.1 Å². The van der Waals surface area contributed by atoms with Crippen LogP contribution in [0.5, 0.6) is 0 Å². The van der Waals surface area contributed by atoms with Crippen molar-refractivity contribution in [1.29, 1.82) is 0 Å². The molecular weight excluding hydrogens is 322 g/mol. The molecule has 0 aromatic heterocycles. The summed E-state index contributed by atoms with van der Waals surface area (Å²) in [5.74, 6) is 0. The number of ether oxygens (including phenoxy) is 1. The molecule has 1 unspecified atom stereocenters. The molecule has 1 saturated heterocycles. The summed E-state index contributed by atoms with van der Waals surface area (Å²) in [7, 11) is 0. The third kappa shape index (κ3) is 3.28. The van der Waals surface area contributed by atoms with Crippen molar-refractivity contribution in [2.75, 3.05) is 13.2 Å². The van der Waals surface area contributed by atoms with Gasteiger partial charge in [-0.15, -0.1) is 0 Å². The van der Waals surface area contributed by atoms with Crippen LogP contribution in [-0.2, 0) is 11.3 Å². The van der Waals surface area contributed by atoms with E-state index in [4.69, 9.17) is 4.74 Å². The normalized spacial score (nSPS) is 20.8. The fourth-order valence-corrected chi connectivity index (χ4v) is 2.28. The second-order valence-corrected chi connectivity index (χ2v) is 5.40. The summed E-state index contributed by atoms with van der Waals surface area (Å²) >= 11 is 6.96. The average molecular weight is 335 g/mol. The average Bonchev–Trinajstić information content (AvgIpc) is 2.73. The molecule has 1 atom stereocenters. The van der Waals surface area contributed by atoms with Crippen molar-refractivity contribution in [3.8, 4) is 0 Å². The van der Waals surface area contributed by atoms with Crippen LogP contribution in [0.1, 0.15) is 12.0 Å². The Morgan fingerprint density at radius 2 is 2.20 bits per heavy atom. The first kappa shape index (κ1) is 11.6. The highest BCUT2D eigenvalue weighted by Crippen LogP contribution is 2.23. The van der Waals surface area contributed by atoms with E-state index in [2.05, 4.69) is 55.4 Å². The number of hydrogen-bond acceptors (Lipinski definition) is 2. The van der Waals surface area contributed by atoms with Crippen LogP contribution < -0.4 is 5.32 Å². The summed E-state index contributed by atoms with van der Waals surface area (Å²) in [5, 5.41) is 3.48. The lowest BCUT2D eigenvalue weighted by Gasteiger charge is -2.10. The summed E-state index contributed by atoms with van der Waals surface area (Å²) in [6, 6.07) is 6.84.